The van der Waals surface area contributed by atoms with Gasteiger partial charge in [-0.25, -0.2) is 0 Å². The van der Waals surface area contributed by atoms with Gasteiger partial charge in [-0.05, 0) is 58.4 Å². The normalized spacial score (nSPS) is 15.0. The molecule has 0 aromatic heterocycles. The van der Waals surface area contributed by atoms with E-state index < -0.39 is 0 Å². The zero-order chi connectivity index (χ0) is 15.2. The second-order valence-electron chi connectivity index (χ2n) is 6.16. The lowest BCUT2D eigenvalue weighted by Crippen LogP contribution is -2.37. The summed E-state index contributed by atoms with van der Waals surface area (Å²) in [4.78, 5) is 2.36. The van der Waals surface area contributed by atoms with Gasteiger partial charge in [0.2, 0.25) is 6.79 Å². The van der Waals surface area contributed by atoms with E-state index in [2.05, 4.69) is 50.2 Å². The second kappa shape index (κ2) is 7.66. The first-order valence-electron chi connectivity index (χ1n) is 7.88. The summed E-state index contributed by atoms with van der Waals surface area (Å²) < 4.78 is 10.8. The van der Waals surface area contributed by atoms with E-state index in [0.29, 0.717) is 18.9 Å². The van der Waals surface area contributed by atoms with Crippen LogP contribution in [0.15, 0.2) is 18.2 Å². The molecule has 0 aliphatic carbocycles. The monoisotopic (exact) mass is 292 g/mol. The molecule has 4 nitrogen and oxygen atoms in total. The Labute approximate surface area is 128 Å². The van der Waals surface area contributed by atoms with E-state index in [0.717, 1.165) is 37.4 Å². The Bertz CT molecular complexity index is 448. The van der Waals surface area contributed by atoms with Crippen LogP contribution in [0.25, 0.3) is 0 Å². The predicted molar refractivity (Wildman–Crippen MR) is 86.1 cm³/mol. The highest BCUT2D eigenvalue weighted by Gasteiger charge is 2.13. The molecule has 1 aromatic rings. The fraction of sp³-hybridized carbons (Fsp3) is 0.647. The summed E-state index contributed by atoms with van der Waals surface area (Å²) in [5, 5.41) is 3.59. The molecular formula is C17H28N2O2. The maximum atomic E-state index is 5.42. The Balaban J connectivity index is 1.68. The minimum Gasteiger partial charge on any atom is -0.454 e. The highest BCUT2D eigenvalue weighted by Crippen LogP contribution is 2.32. The third kappa shape index (κ3) is 4.90. The molecule has 118 valence electrons. The Morgan fingerprint density at radius 1 is 1.19 bits per heavy atom. The van der Waals surface area contributed by atoms with Crippen molar-refractivity contribution in [3.05, 3.63) is 23.8 Å². The molecule has 0 spiro atoms. The minimum atomic E-state index is 0.347. The van der Waals surface area contributed by atoms with Gasteiger partial charge in [-0.1, -0.05) is 6.07 Å². The molecule has 1 unspecified atom stereocenters. The molecule has 1 N–H and O–H groups in total. The summed E-state index contributed by atoms with van der Waals surface area (Å²) in [7, 11) is 2.17. The fourth-order valence-corrected chi connectivity index (χ4v) is 2.33. The van der Waals surface area contributed by atoms with Gasteiger partial charge in [-0.15, -0.1) is 0 Å². The zero-order valence-electron chi connectivity index (χ0n) is 13.7. The number of hydrogen-bond donors (Lipinski definition) is 1. The lowest BCUT2D eigenvalue weighted by atomic mass is 10.1. The molecule has 21 heavy (non-hydrogen) atoms. The van der Waals surface area contributed by atoms with E-state index in [1.54, 1.807) is 0 Å². The van der Waals surface area contributed by atoms with Crippen molar-refractivity contribution in [2.45, 2.75) is 45.7 Å². The zero-order valence-corrected chi connectivity index (χ0v) is 13.7. The fourth-order valence-electron chi connectivity index (χ4n) is 2.33. The first kappa shape index (κ1) is 16.1. The predicted octanol–water partition coefficient (Wildman–Crippen LogP) is 2.67. The Morgan fingerprint density at radius 3 is 2.71 bits per heavy atom. The number of nitrogens with one attached hydrogen (secondary N) is 1. The number of likely N-dealkylation sites (N-methyl/N-ethyl adjacent to an activating group) is 1. The molecule has 0 bridgehead atoms. The largest absolute Gasteiger partial charge is 0.454 e. The third-order valence-electron chi connectivity index (χ3n) is 4.14. The molecule has 1 aliphatic heterocycles. The van der Waals surface area contributed by atoms with Crippen molar-refractivity contribution in [2.75, 3.05) is 26.9 Å². The van der Waals surface area contributed by atoms with E-state index in [1.165, 1.54) is 5.56 Å². The first-order chi connectivity index (χ1) is 10.1. The molecule has 0 saturated carbocycles. The van der Waals surface area contributed by atoms with Gasteiger partial charge in [0.1, 0.15) is 0 Å². The quantitative estimate of drug-likeness (QED) is 0.799. The third-order valence-corrected chi connectivity index (χ3v) is 4.14. The topological polar surface area (TPSA) is 33.7 Å². The smallest absolute Gasteiger partial charge is 0.231 e. The standard InChI is InChI=1S/C17H28N2O2/c1-13(2)19(4)10-9-18-14(3)5-6-15-7-8-16-17(11-15)21-12-20-16/h7-8,11,13-14,18H,5-6,9-10,12H2,1-4H3. The summed E-state index contributed by atoms with van der Waals surface area (Å²) in [5.41, 5.74) is 1.31. The van der Waals surface area contributed by atoms with E-state index in [4.69, 9.17) is 9.47 Å². The van der Waals surface area contributed by atoms with Crippen molar-refractivity contribution in [2.24, 2.45) is 0 Å². The average molecular weight is 292 g/mol. The molecule has 1 aliphatic rings. The molecule has 1 aromatic carbocycles. The maximum absolute atomic E-state index is 5.42. The van der Waals surface area contributed by atoms with Crippen molar-refractivity contribution in [3.8, 4) is 11.5 Å². The molecule has 0 fully saturated rings. The summed E-state index contributed by atoms with van der Waals surface area (Å²) in [6, 6.07) is 7.37. The van der Waals surface area contributed by atoms with Gasteiger partial charge in [0.25, 0.3) is 0 Å². The van der Waals surface area contributed by atoms with E-state index in [-0.39, 0.29) is 0 Å². The number of benzene rings is 1. The maximum Gasteiger partial charge on any atom is 0.231 e. The number of aryl methyl sites for hydroxylation is 1. The summed E-state index contributed by atoms with van der Waals surface area (Å²) >= 11 is 0. The Morgan fingerprint density at radius 2 is 1.95 bits per heavy atom. The molecule has 4 heteroatoms. The van der Waals surface area contributed by atoms with Gasteiger partial charge < -0.3 is 19.7 Å². The van der Waals surface area contributed by atoms with Crippen LogP contribution in [0.5, 0.6) is 11.5 Å². The van der Waals surface area contributed by atoms with Crippen LogP contribution in [0.4, 0.5) is 0 Å². The number of nitrogens with zero attached hydrogens (tertiary/aromatic N) is 1. The van der Waals surface area contributed by atoms with Gasteiger partial charge in [0, 0.05) is 25.2 Å². The second-order valence-corrected chi connectivity index (χ2v) is 6.16. The van der Waals surface area contributed by atoms with Crippen LogP contribution in [0, 0.1) is 0 Å². The van der Waals surface area contributed by atoms with Crippen molar-refractivity contribution >= 4 is 0 Å². The lowest BCUT2D eigenvalue weighted by molar-refractivity contribution is 0.174. The molecule has 0 radical (unpaired) electrons. The number of fused-ring (bicyclic) bond motifs is 1. The van der Waals surface area contributed by atoms with Gasteiger partial charge in [-0.3, -0.25) is 0 Å². The van der Waals surface area contributed by atoms with Crippen LogP contribution in [-0.4, -0.2) is 43.9 Å². The van der Waals surface area contributed by atoms with Gasteiger partial charge in [-0.2, -0.15) is 0 Å². The average Bonchev–Trinajstić information content (AvgIpc) is 2.92. The van der Waals surface area contributed by atoms with E-state index in [9.17, 15) is 0 Å². The van der Waals surface area contributed by atoms with Crippen LogP contribution in [-0.2, 0) is 6.42 Å². The Hall–Kier alpha value is -1.26. The van der Waals surface area contributed by atoms with E-state index >= 15 is 0 Å². The molecule has 0 amide bonds. The summed E-state index contributed by atoms with van der Waals surface area (Å²) in [6.45, 7) is 9.18. The minimum absolute atomic E-state index is 0.347. The number of rotatable bonds is 8. The molecule has 2 rings (SSSR count). The van der Waals surface area contributed by atoms with Crippen molar-refractivity contribution in [1.29, 1.82) is 0 Å². The van der Waals surface area contributed by atoms with Crippen LogP contribution in [0.1, 0.15) is 32.8 Å². The molecular weight excluding hydrogens is 264 g/mol. The van der Waals surface area contributed by atoms with Gasteiger partial charge >= 0.3 is 0 Å². The van der Waals surface area contributed by atoms with Crippen molar-refractivity contribution in [3.63, 3.8) is 0 Å². The highest BCUT2D eigenvalue weighted by molar-refractivity contribution is 5.44. The summed E-state index contributed by atoms with van der Waals surface area (Å²) in [5.74, 6) is 1.74. The molecule has 0 saturated heterocycles. The summed E-state index contributed by atoms with van der Waals surface area (Å²) in [6.07, 6.45) is 2.19. The highest BCUT2D eigenvalue weighted by atomic mass is 16.7. The van der Waals surface area contributed by atoms with Crippen LogP contribution in [0.3, 0.4) is 0 Å². The van der Waals surface area contributed by atoms with E-state index in [1.807, 2.05) is 6.07 Å². The number of ether oxygens (including phenoxy) is 2. The Kier molecular flexibility index (Phi) is 5.88. The van der Waals surface area contributed by atoms with Gasteiger partial charge in [0.15, 0.2) is 11.5 Å². The van der Waals surface area contributed by atoms with Gasteiger partial charge in [0.05, 0.1) is 0 Å². The SMILES string of the molecule is CC(CCc1ccc2c(c1)OCO2)NCCN(C)C(C)C. The van der Waals surface area contributed by atoms with Crippen LogP contribution >= 0.6 is 0 Å². The van der Waals surface area contributed by atoms with Crippen LogP contribution < -0.4 is 14.8 Å². The first-order valence-corrected chi connectivity index (χ1v) is 7.88. The molecule has 1 atom stereocenters. The van der Waals surface area contributed by atoms with Crippen molar-refractivity contribution in [1.82, 2.24) is 10.2 Å². The number of hydrogen-bond acceptors (Lipinski definition) is 4. The lowest BCUT2D eigenvalue weighted by Gasteiger charge is -2.22. The van der Waals surface area contributed by atoms with Crippen molar-refractivity contribution < 1.29 is 9.47 Å². The molecule has 1 heterocycles. The van der Waals surface area contributed by atoms with Crippen LogP contribution in [0.2, 0.25) is 0 Å².